The van der Waals surface area contributed by atoms with E-state index in [0.29, 0.717) is 5.82 Å². The van der Waals surface area contributed by atoms with Gasteiger partial charge in [-0.25, -0.2) is 9.97 Å². The van der Waals surface area contributed by atoms with Crippen LogP contribution < -0.4 is 0 Å². The zero-order valence-corrected chi connectivity index (χ0v) is 26.5. The van der Waals surface area contributed by atoms with E-state index in [9.17, 15) is 0 Å². The molecule has 0 aliphatic carbocycles. The Kier molecular flexibility index (Phi) is 7.10. The average molecular weight is 628 g/mol. The van der Waals surface area contributed by atoms with E-state index >= 15 is 0 Å². The van der Waals surface area contributed by atoms with Crippen LogP contribution in [0.25, 0.3) is 89.2 Å². The molecule has 0 unspecified atom stereocenters. The minimum Gasteiger partial charge on any atom is -0.456 e. The van der Waals surface area contributed by atoms with E-state index in [-0.39, 0.29) is 0 Å². The summed E-state index contributed by atoms with van der Waals surface area (Å²) in [6.45, 7) is 0. The van der Waals surface area contributed by atoms with Gasteiger partial charge in [0.15, 0.2) is 5.82 Å². The first kappa shape index (κ1) is 28.6. The SMILES string of the molecule is c1ccc(-c2ccc(-c3ccc(-c4cc(-c5ccc6oc7ccccc7c6c5)nc(-c5ccccc5-c5cccnc5)n4)cc3)cc2)cc1. The van der Waals surface area contributed by atoms with Gasteiger partial charge in [0.1, 0.15) is 11.2 Å². The van der Waals surface area contributed by atoms with Gasteiger partial charge in [-0.1, -0.05) is 127 Å². The van der Waals surface area contributed by atoms with Crippen LogP contribution in [0.2, 0.25) is 0 Å². The van der Waals surface area contributed by atoms with Crippen molar-refractivity contribution < 1.29 is 4.42 Å². The fourth-order valence-corrected chi connectivity index (χ4v) is 6.52. The Hall–Kier alpha value is -6.65. The van der Waals surface area contributed by atoms with E-state index in [1.54, 1.807) is 6.20 Å². The topological polar surface area (TPSA) is 51.8 Å². The lowest BCUT2D eigenvalue weighted by Crippen LogP contribution is -1.97. The van der Waals surface area contributed by atoms with Gasteiger partial charge in [0.05, 0.1) is 11.4 Å². The van der Waals surface area contributed by atoms with Gasteiger partial charge in [-0.3, -0.25) is 4.98 Å². The molecule has 0 fully saturated rings. The Bertz CT molecular complexity index is 2570. The van der Waals surface area contributed by atoms with E-state index in [1.807, 2.05) is 54.7 Å². The minimum atomic E-state index is 0.657. The number of para-hydroxylation sites is 1. The van der Waals surface area contributed by atoms with Crippen LogP contribution >= 0.6 is 0 Å². The zero-order valence-electron chi connectivity index (χ0n) is 26.5. The molecule has 3 aromatic heterocycles. The van der Waals surface area contributed by atoms with Crippen molar-refractivity contribution >= 4 is 21.9 Å². The summed E-state index contributed by atoms with van der Waals surface area (Å²) in [4.78, 5) is 14.8. The third-order valence-electron chi connectivity index (χ3n) is 9.05. The first-order chi connectivity index (χ1) is 24.3. The van der Waals surface area contributed by atoms with Gasteiger partial charge < -0.3 is 4.42 Å². The molecular formula is C45H29N3O. The second-order valence-corrected chi connectivity index (χ2v) is 12.1. The molecule has 0 N–H and O–H groups in total. The number of hydrogen-bond donors (Lipinski definition) is 0. The molecule has 3 heterocycles. The fourth-order valence-electron chi connectivity index (χ4n) is 6.52. The van der Waals surface area contributed by atoms with Crippen molar-refractivity contribution in [1.82, 2.24) is 15.0 Å². The number of hydrogen-bond acceptors (Lipinski definition) is 4. The molecule has 0 aliphatic heterocycles. The Morgan fingerprint density at radius 1 is 0.367 bits per heavy atom. The third-order valence-corrected chi connectivity index (χ3v) is 9.05. The molecule has 4 nitrogen and oxygen atoms in total. The standard InChI is InChI=1S/C45H29N3O/c1-2-9-30(10-3-1)31-16-18-32(19-17-31)33-20-22-34(23-21-33)41-28-42(35-24-25-44-40(27-35)38-13-6-7-15-43(38)49-44)48-45(47-41)39-14-5-4-12-37(39)36-11-8-26-46-29-36/h1-29H. The van der Waals surface area contributed by atoms with Crippen molar-refractivity contribution in [2.75, 3.05) is 0 Å². The quantitative estimate of drug-likeness (QED) is 0.184. The number of nitrogens with zero attached hydrogens (tertiary/aromatic N) is 3. The summed E-state index contributed by atoms with van der Waals surface area (Å²) in [5, 5.41) is 2.15. The molecule has 0 atom stereocenters. The smallest absolute Gasteiger partial charge is 0.161 e. The Balaban J connectivity index is 1.15. The van der Waals surface area contributed by atoms with Gasteiger partial charge in [-0.05, 0) is 64.2 Å². The molecule has 0 spiro atoms. The van der Waals surface area contributed by atoms with Crippen LogP contribution in [0.1, 0.15) is 0 Å². The van der Waals surface area contributed by atoms with Crippen molar-refractivity contribution in [1.29, 1.82) is 0 Å². The van der Waals surface area contributed by atoms with Crippen molar-refractivity contribution in [3.05, 3.63) is 176 Å². The van der Waals surface area contributed by atoms with Crippen LogP contribution in [0, 0.1) is 0 Å². The van der Waals surface area contributed by atoms with Crippen LogP contribution in [0.5, 0.6) is 0 Å². The Labute approximate surface area is 284 Å². The number of aromatic nitrogens is 3. The average Bonchev–Trinajstić information content (AvgIpc) is 3.57. The molecular weight excluding hydrogens is 599 g/mol. The van der Waals surface area contributed by atoms with Crippen molar-refractivity contribution in [2.24, 2.45) is 0 Å². The lowest BCUT2D eigenvalue weighted by Gasteiger charge is -2.13. The van der Waals surface area contributed by atoms with E-state index in [2.05, 4.69) is 120 Å². The lowest BCUT2D eigenvalue weighted by molar-refractivity contribution is 0.669. The minimum absolute atomic E-state index is 0.657. The van der Waals surface area contributed by atoms with E-state index in [1.165, 1.54) is 16.7 Å². The maximum Gasteiger partial charge on any atom is 0.161 e. The van der Waals surface area contributed by atoms with Crippen LogP contribution in [0.15, 0.2) is 181 Å². The highest BCUT2D eigenvalue weighted by atomic mass is 16.3. The van der Waals surface area contributed by atoms with Crippen LogP contribution in [0.3, 0.4) is 0 Å². The van der Waals surface area contributed by atoms with Crippen LogP contribution in [0.4, 0.5) is 0 Å². The fraction of sp³-hybridized carbons (Fsp3) is 0. The Morgan fingerprint density at radius 3 is 1.63 bits per heavy atom. The highest BCUT2D eigenvalue weighted by Crippen LogP contribution is 2.36. The van der Waals surface area contributed by atoms with Gasteiger partial charge >= 0.3 is 0 Å². The molecule has 230 valence electrons. The molecule has 0 radical (unpaired) electrons. The first-order valence-corrected chi connectivity index (χ1v) is 16.3. The zero-order chi connectivity index (χ0) is 32.6. The molecule has 0 aliphatic rings. The van der Waals surface area contributed by atoms with Crippen molar-refractivity contribution in [3.8, 4) is 67.3 Å². The predicted octanol–water partition coefficient (Wildman–Crippen LogP) is 11.8. The summed E-state index contributed by atoms with van der Waals surface area (Å²) >= 11 is 0. The summed E-state index contributed by atoms with van der Waals surface area (Å²) in [6.07, 6.45) is 3.67. The molecule has 0 saturated carbocycles. The van der Waals surface area contributed by atoms with Crippen molar-refractivity contribution in [3.63, 3.8) is 0 Å². The van der Waals surface area contributed by atoms with E-state index < -0.39 is 0 Å². The largest absolute Gasteiger partial charge is 0.456 e. The maximum atomic E-state index is 6.13. The molecule has 6 aromatic carbocycles. The predicted molar refractivity (Wildman–Crippen MR) is 200 cm³/mol. The molecule has 9 rings (SSSR count). The highest BCUT2D eigenvalue weighted by Gasteiger charge is 2.16. The first-order valence-electron chi connectivity index (χ1n) is 16.3. The van der Waals surface area contributed by atoms with E-state index in [0.717, 1.165) is 66.7 Å². The maximum absolute atomic E-state index is 6.13. The second kappa shape index (κ2) is 12.2. The highest BCUT2D eigenvalue weighted by molar-refractivity contribution is 6.06. The Morgan fingerprint density at radius 2 is 0.918 bits per heavy atom. The van der Waals surface area contributed by atoms with Crippen molar-refractivity contribution in [2.45, 2.75) is 0 Å². The molecule has 9 aromatic rings. The van der Waals surface area contributed by atoms with Crippen LogP contribution in [-0.2, 0) is 0 Å². The number of pyridine rings is 1. The van der Waals surface area contributed by atoms with Crippen LogP contribution in [-0.4, -0.2) is 15.0 Å². The normalized spacial score (nSPS) is 11.3. The second-order valence-electron chi connectivity index (χ2n) is 12.1. The van der Waals surface area contributed by atoms with Gasteiger partial charge in [-0.2, -0.15) is 0 Å². The summed E-state index contributed by atoms with van der Waals surface area (Å²) < 4.78 is 6.13. The van der Waals surface area contributed by atoms with Gasteiger partial charge in [-0.15, -0.1) is 0 Å². The summed E-state index contributed by atoms with van der Waals surface area (Å²) in [6, 6.07) is 56.6. The number of rotatable bonds is 6. The van der Waals surface area contributed by atoms with Gasteiger partial charge in [0.2, 0.25) is 0 Å². The summed E-state index contributed by atoms with van der Waals surface area (Å²) in [5.41, 5.74) is 13.2. The van der Waals surface area contributed by atoms with E-state index in [4.69, 9.17) is 14.4 Å². The summed E-state index contributed by atoms with van der Waals surface area (Å²) in [7, 11) is 0. The third kappa shape index (κ3) is 5.45. The van der Waals surface area contributed by atoms with Gasteiger partial charge in [0, 0.05) is 45.4 Å². The number of benzene rings is 6. The molecule has 0 bridgehead atoms. The summed E-state index contributed by atoms with van der Waals surface area (Å²) in [5.74, 6) is 0.657. The number of furan rings is 1. The lowest BCUT2D eigenvalue weighted by atomic mass is 9.98. The molecule has 4 heteroatoms. The molecule has 49 heavy (non-hydrogen) atoms. The molecule has 0 amide bonds. The monoisotopic (exact) mass is 627 g/mol. The van der Waals surface area contributed by atoms with Gasteiger partial charge in [0.25, 0.3) is 0 Å². The number of fused-ring (bicyclic) bond motifs is 3. The molecule has 0 saturated heterocycles.